The zero-order valence-corrected chi connectivity index (χ0v) is 21.0. The maximum absolute atomic E-state index is 12.0. The Morgan fingerprint density at radius 3 is 2.46 bits per heavy atom. The van der Waals surface area contributed by atoms with Gasteiger partial charge in [-0.15, -0.1) is 11.3 Å². The molecule has 0 bridgehead atoms. The van der Waals surface area contributed by atoms with Crippen LogP contribution in [0.4, 0.5) is 0 Å². The summed E-state index contributed by atoms with van der Waals surface area (Å²) >= 11 is 1.84. The summed E-state index contributed by atoms with van der Waals surface area (Å²) in [7, 11) is 0. The molecule has 1 unspecified atom stereocenters. The molecule has 1 atom stereocenters. The van der Waals surface area contributed by atoms with Crippen molar-refractivity contribution in [3.8, 4) is 16.9 Å². The lowest BCUT2D eigenvalue weighted by atomic mass is 9.91. The fraction of sp³-hybridized carbons (Fsp3) is 0.194. The van der Waals surface area contributed by atoms with Crippen molar-refractivity contribution >= 4 is 38.2 Å². The summed E-state index contributed by atoms with van der Waals surface area (Å²) in [4.78, 5) is 13.3. The second-order valence-corrected chi connectivity index (χ2v) is 10.2. The molecule has 0 aliphatic rings. The molecule has 5 rings (SSSR count). The van der Waals surface area contributed by atoms with Crippen molar-refractivity contribution in [1.29, 1.82) is 0 Å². The van der Waals surface area contributed by atoms with Gasteiger partial charge in [-0.1, -0.05) is 67.6 Å². The Labute approximate surface area is 209 Å². The quantitative estimate of drug-likeness (QED) is 0.257. The van der Waals surface area contributed by atoms with E-state index in [4.69, 9.17) is 4.74 Å². The van der Waals surface area contributed by atoms with Crippen molar-refractivity contribution in [3.63, 3.8) is 0 Å². The topological polar surface area (TPSA) is 46.5 Å². The van der Waals surface area contributed by atoms with Crippen molar-refractivity contribution in [1.82, 2.24) is 0 Å². The van der Waals surface area contributed by atoms with E-state index >= 15 is 0 Å². The number of fused-ring (bicyclic) bond motifs is 2. The fourth-order valence-corrected chi connectivity index (χ4v) is 5.91. The Hall–Kier alpha value is -3.63. The van der Waals surface area contributed by atoms with Crippen LogP contribution in [0.15, 0.2) is 78.9 Å². The smallest absolute Gasteiger partial charge is 0.345 e. The fourth-order valence-electron chi connectivity index (χ4n) is 4.78. The van der Waals surface area contributed by atoms with Crippen molar-refractivity contribution in [2.45, 2.75) is 39.7 Å². The highest BCUT2D eigenvalue weighted by Gasteiger charge is 2.22. The minimum absolute atomic E-state index is 0.318. The summed E-state index contributed by atoms with van der Waals surface area (Å²) in [5.41, 5.74) is 5.63. The van der Waals surface area contributed by atoms with Crippen LogP contribution in [0, 0.1) is 13.8 Å². The molecule has 0 aliphatic heterocycles. The number of ether oxygens (including phenoxy) is 1. The molecule has 0 radical (unpaired) electrons. The van der Waals surface area contributed by atoms with E-state index in [0.717, 1.165) is 23.1 Å². The maximum atomic E-state index is 12.0. The van der Waals surface area contributed by atoms with Gasteiger partial charge in [0.05, 0.1) is 0 Å². The third kappa shape index (κ3) is 4.42. The van der Waals surface area contributed by atoms with E-state index in [9.17, 15) is 9.90 Å². The number of thiophene rings is 1. The first-order valence-corrected chi connectivity index (χ1v) is 12.8. The van der Waals surface area contributed by atoms with Gasteiger partial charge in [-0.3, -0.25) is 0 Å². The van der Waals surface area contributed by atoms with Gasteiger partial charge in [0.1, 0.15) is 5.75 Å². The average molecular weight is 481 g/mol. The summed E-state index contributed by atoms with van der Waals surface area (Å²) in [6.45, 7) is 6.46. The zero-order valence-electron chi connectivity index (χ0n) is 20.2. The largest absolute Gasteiger partial charge is 0.478 e. The van der Waals surface area contributed by atoms with Gasteiger partial charge in [-0.05, 0) is 77.1 Å². The number of carboxylic acid groups (broad SMARTS) is 1. The van der Waals surface area contributed by atoms with Crippen LogP contribution in [0.2, 0.25) is 0 Å². The molecule has 1 N–H and O–H groups in total. The van der Waals surface area contributed by atoms with Gasteiger partial charge in [0.2, 0.25) is 0 Å². The molecule has 3 nitrogen and oxygen atoms in total. The van der Waals surface area contributed by atoms with Crippen LogP contribution < -0.4 is 4.74 Å². The van der Waals surface area contributed by atoms with Gasteiger partial charge in [0, 0.05) is 21.4 Å². The Morgan fingerprint density at radius 2 is 1.71 bits per heavy atom. The monoisotopic (exact) mass is 480 g/mol. The second kappa shape index (κ2) is 9.55. The highest BCUT2D eigenvalue weighted by Crippen LogP contribution is 2.43. The molecule has 0 saturated heterocycles. The predicted molar refractivity (Wildman–Crippen MR) is 146 cm³/mol. The lowest BCUT2D eigenvalue weighted by molar-refractivity contribution is -0.145. The highest BCUT2D eigenvalue weighted by molar-refractivity contribution is 7.19. The third-order valence-corrected chi connectivity index (χ3v) is 7.87. The minimum atomic E-state index is -0.958. The maximum Gasteiger partial charge on any atom is 0.345 e. The lowest BCUT2D eigenvalue weighted by Gasteiger charge is -2.19. The standard InChI is InChI=1S/C31H28O3S/c1-4-22-17-24(14-15-26(22)34-27(31(32)33)16-21-10-6-5-7-11-21)30-25-13-9-8-12-23(25)18-28-29(30)19(2)20(3)35-28/h5-15,17-18,27H,4,16H2,1-3H3,(H,32,33). The van der Waals surface area contributed by atoms with Crippen LogP contribution in [0.3, 0.4) is 0 Å². The lowest BCUT2D eigenvalue weighted by Crippen LogP contribution is -2.29. The number of carbonyl (C=O) groups is 1. The Kier molecular flexibility index (Phi) is 6.31. The van der Waals surface area contributed by atoms with E-state index in [1.165, 1.54) is 36.9 Å². The molecule has 4 aromatic carbocycles. The van der Waals surface area contributed by atoms with Crippen molar-refractivity contribution in [2.75, 3.05) is 0 Å². The zero-order chi connectivity index (χ0) is 24.5. The molecule has 0 aliphatic carbocycles. The minimum Gasteiger partial charge on any atom is -0.478 e. The Bertz CT molecular complexity index is 1530. The van der Waals surface area contributed by atoms with E-state index in [1.807, 2.05) is 47.7 Å². The normalized spacial score (nSPS) is 12.2. The first-order chi connectivity index (χ1) is 17.0. The van der Waals surface area contributed by atoms with Crippen LogP contribution in [-0.4, -0.2) is 17.2 Å². The van der Waals surface area contributed by atoms with E-state index in [0.29, 0.717) is 12.2 Å². The molecule has 4 heteroatoms. The van der Waals surface area contributed by atoms with Crippen LogP contribution >= 0.6 is 11.3 Å². The van der Waals surface area contributed by atoms with E-state index in [1.54, 1.807) is 0 Å². The molecule has 0 amide bonds. The van der Waals surface area contributed by atoms with E-state index in [-0.39, 0.29) is 0 Å². The third-order valence-electron chi connectivity index (χ3n) is 6.72. The number of hydrogen-bond donors (Lipinski definition) is 1. The van der Waals surface area contributed by atoms with Gasteiger partial charge in [-0.2, -0.15) is 0 Å². The van der Waals surface area contributed by atoms with Crippen molar-refractivity contribution in [3.05, 3.63) is 100 Å². The van der Waals surface area contributed by atoms with Crippen LogP contribution in [0.5, 0.6) is 5.75 Å². The SMILES string of the molecule is CCc1cc(-c2c3ccccc3cc3sc(C)c(C)c23)ccc1OC(Cc1ccccc1)C(=O)O. The van der Waals surface area contributed by atoms with E-state index in [2.05, 4.69) is 63.2 Å². The molecule has 35 heavy (non-hydrogen) atoms. The molecule has 0 saturated carbocycles. The molecular formula is C31H28O3S. The summed E-state index contributed by atoms with van der Waals surface area (Å²) in [5, 5.41) is 13.6. The number of benzene rings is 4. The Morgan fingerprint density at radius 1 is 0.971 bits per heavy atom. The number of carboxylic acids is 1. The van der Waals surface area contributed by atoms with Gasteiger partial charge in [0.15, 0.2) is 6.10 Å². The summed E-state index contributed by atoms with van der Waals surface area (Å²) in [6.07, 6.45) is 0.119. The molecule has 1 aromatic heterocycles. The first-order valence-electron chi connectivity index (χ1n) is 11.9. The molecular weight excluding hydrogens is 452 g/mol. The summed E-state index contributed by atoms with van der Waals surface area (Å²) in [5.74, 6) is -0.325. The van der Waals surface area contributed by atoms with Crippen LogP contribution in [-0.2, 0) is 17.6 Å². The molecule has 0 spiro atoms. The van der Waals surface area contributed by atoms with Gasteiger partial charge < -0.3 is 9.84 Å². The number of rotatable bonds is 7. The first kappa shape index (κ1) is 23.1. The number of hydrogen-bond acceptors (Lipinski definition) is 3. The van der Waals surface area contributed by atoms with Gasteiger partial charge in [-0.25, -0.2) is 4.79 Å². The highest BCUT2D eigenvalue weighted by atomic mass is 32.1. The summed E-state index contributed by atoms with van der Waals surface area (Å²) in [6, 6.07) is 26.6. The average Bonchev–Trinajstić information content (AvgIpc) is 3.15. The molecule has 176 valence electrons. The second-order valence-electron chi connectivity index (χ2n) is 8.94. The molecule has 1 heterocycles. The van der Waals surface area contributed by atoms with Crippen molar-refractivity contribution < 1.29 is 14.6 Å². The van der Waals surface area contributed by atoms with Crippen molar-refractivity contribution in [2.24, 2.45) is 0 Å². The molecule has 5 aromatic rings. The number of aliphatic carboxylic acids is 1. The predicted octanol–water partition coefficient (Wildman–Crippen LogP) is 7.98. The van der Waals surface area contributed by atoms with Gasteiger partial charge in [0.25, 0.3) is 0 Å². The number of aryl methyl sites for hydroxylation is 3. The Balaban J connectivity index is 1.60. The molecule has 0 fully saturated rings. The van der Waals surface area contributed by atoms with Crippen LogP contribution in [0.25, 0.3) is 32.0 Å². The van der Waals surface area contributed by atoms with Gasteiger partial charge >= 0.3 is 5.97 Å². The van der Waals surface area contributed by atoms with Crippen LogP contribution in [0.1, 0.15) is 28.5 Å². The van der Waals surface area contributed by atoms with E-state index < -0.39 is 12.1 Å². The summed E-state index contributed by atoms with van der Waals surface area (Å²) < 4.78 is 7.39.